The van der Waals surface area contributed by atoms with Crippen molar-refractivity contribution in [1.29, 1.82) is 0 Å². The third kappa shape index (κ3) is 6.26. The van der Waals surface area contributed by atoms with Gasteiger partial charge in [-0.15, -0.1) is 0 Å². The van der Waals surface area contributed by atoms with Crippen LogP contribution in [-0.4, -0.2) is 35.9 Å². The molecule has 6 nitrogen and oxygen atoms in total. The van der Waals surface area contributed by atoms with Gasteiger partial charge in [-0.25, -0.2) is 9.78 Å². The Morgan fingerprint density at radius 1 is 1.36 bits per heavy atom. The summed E-state index contributed by atoms with van der Waals surface area (Å²) < 4.78 is 11.8. The van der Waals surface area contributed by atoms with Gasteiger partial charge in [0.2, 0.25) is 0 Å². The molecular weight excluding hydrogens is 338 g/mol. The van der Waals surface area contributed by atoms with Gasteiger partial charge in [0.1, 0.15) is 5.60 Å². The van der Waals surface area contributed by atoms with Gasteiger partial charge in [0, 0.05) is 19.7 Å². The lowest BCUT2D eigenvalue weighted by Crippen LogP contribution is -2.27. The summed E-state index contributed by atoms with van der Waals surface area (Å²) in [5.41, 5.74) is 1.46. The Morgan fingerprint density at radius 3 is 2.80 bits per heavy atom. The highest BCUT2D eigenvalue weighted by Gasteiger charge is 2.18. The van der Waals surface area contributed by atoms with E-state index in [9.17, 15) is 4.79 Å². The van der Waals surface area contributed by atoms with Crippen molar-refractivity contribution < 1.29 is 14.3 Å². The van der Waals surface area contributed by atoms with Gasteiger partial charge in [0.15, 0.2) is 5.13 Å². The van der Waals surface area contributed by atoms with Gasteiger partial charge in [-0.3, -0.25) is 5.32 Å². The summed E-state index contributed by atoms with van der Waals surface area (Å²) >= 11 is 1.44. The van der Waals surface area contributed by atoms with E-state index in [0.29, 0.717) is 18.3 Å². The zero-order chi connectivity index (χ0) is 18.4. The van der Waals surface area contributed by atoms with Crippen molar-refractivity contribution in [2.24, 2.45) is 0 Å². The zero-order valence-electron chi connectivity index (χ0n) is 15.5. The van der Waals surface area contributed by atoms with Crippen LogP contribution in [0.15, 0.2) is 18.2 Å². The first-order valence-electron chi connectivity index (χ1n) is 8.49. The maximum atomic E-state index is 11.9. The lowest BCUT2D eigenvalue weighted by molar-refractivity contribution is 0.0636. The smallest absolute Gasteiger partial charge is 0.413 e. The maximum absolute atomic E-state index is 11.9. The molecule has 1 amide bonds. The number of amides is 1. The number of thiazole rings is 1. The van der Waals surface area contributed by atoms with Gasteiger partial charge in [-0.2, -0.15) is 0 Å². The molecule has 2 aromatic rings. The predicted octanol–water partition coefficient (Wildman–Crippen LogP) is 4.16. The van der Waals surface area contributed by atoms with Crippen molar-refractivity contribution in [3.05, 3.63) is 23.8 Å². The van der Waals surface area contributed by atoms with E-state index in [1.165, 1.54) is 11.3 Å². The first kappa shape index (κ1) is 19.6. The Kier molecular flexibility index (Phi) is 6.75. The lowest BCUT2D eigenvalue weighted by atomic mass is 10.2. The molecule has 0 radical (unpaired) electrons. The number of anilines is 1. The third-order valence-electron chi connectivity index (χ3n) is 3.31. The van der Waals surface area contributed by atoms with Gasteiger partial charge in [0.25, 0.3) is 0 Å². The highest BCUT2D eigenvalue weighted by molar-refractivity contribution is 7.22. The van der Waals surface area contributed by atoms with Crippen LogP contribution < -0.4 is 10.6 Å². The minimum atomic E-state index is -0.535. The fourth-order valence-corrected chi connectivity index (χ4v) is 3.25. The zero-order valence-corrected chi connectivity index (χ0v) is 16.3. The molecule has 1 aromatic heterocycles. The largest absolute Gasteiger partial charge is 0.444 e. The second kappa shape index (κ2) is 8.60. The predicted molar refractivity (Wildman–Crippen MR) is 102 cm³/mol. The van der Waals surface area contributed by atoms with Gasteiger partial charge in [-0.1, -0.05) is 23.5 Å². The molecule has 2 rings (SSSR count). The molecule has 2 N–H and O–H groups in total. The summed E-state index contributed by atoms with van der Waals surface area (Å²) in [6.45, 7) is 11.7. The van der Waals surface area contributed by atoms with E-state index in [4.69, 9.17) is 9.47 Å². The van der Waals surface area contributed by atoms with Crippen LogP contribution in [0.1, 0.15) is 40.2 Å². The van der Waals surface area contributed by atoms with Gasteiger partial charge < -0.3 is 14.8 Å². The van der Waals surface area contributed by atoms with E-state index < -0.39 is 11.7 Å². The van der Waals surface area contributed by atoms with E-state index in [0.717, 1.165) is 22.3 Å². The van der Waals surface area contributed by atoms with Crippen LogP contribution in [-0.2, 0) is 16.0 Å². The monoisotopic (exact) mass is 365 g/mol. The molecule has 25 heavy (non-hydrogen) atoms. The number of benzene rings is 1. The highest BCUT2D eigenvalue weighted by atomic mass is 32.1. The van der Waals surface area contributed by atoms with Crippen LogP contribution in [0, 0.1) is 0 Å². The van der Waals surface area contributed by atoms with Crippen LogP contribution in [0.3, 0.4) is 0 Å². The molecule has 0 aliphatic carbocycles. The Morgan fingerprint density at radius 2 is 2.12 bits per heavy atom. The molecule has 0 spiro atoms. The molecule has 1 heterocycles. The lowest BCUT2D eigenvalue weighted by Gasteiger charge is -2.18. The number of carbonyl (C=O) groups is 1. The number of rotatable bonds is 7. The molecule has 0 aliphatic rings. The topological polar surface area (TPSA) is 72.5 Å². The molecule has 0 aliphatic heterocycles. The van der Waals surface area contributed by atoms with E-state index in [-0.39, 0.29) is 6.10 Å². The van der Waals surface area contributed by atoms with E-state index in [1.807, 2.05) is 52.8 Å². The summed E-state index contributed by atoms with van der Waals surface area (Å²) in [6, 6.07) is 6.04. The Labute approximate surface area is 152 Å². The van der Waals surface area contributed by atoms with E-state index in [2.05, 4.69) is 15.6 Å². The summed E-state index contributed by atoms with van der Waals surface area (Å²) in [5, 5.41) is 6.64. The van der Waals surface area contributed by atoms with Crippen molar-refractivity contribution in [3.8, 4) is 0 Å². The number of ether oxygens (including phenoxy) is 2. The summed E-state index contributed by atoms with van der Waals surface area (Å²) in [4.78, 5) is 16.5. The van der Waals surface area contributed by atoms with Gasteiger partial charge in [0.05, 0.1) is 16.3 Å². The van der Waals surface area contributed by atoms with Crippen LogP contribution in [0.5, 0.6) is 0 Å². The number of fused-ring (bicyclic) bond motifs is 1. The second-order valence-electron chi connectivity index (χ2n) is 6.81. The molecule has 7 heteroatoms. The van der Waals surface area contributed by atoms with Crippen molar-refractivity contribution in [1.82, 2.24) is 10.3 Å². The fraction of sp³-hybridized carbons (Fsp3) is 0.556. The Balaban J connectivity index is 2.03. The molecule has 0 saturated heterocycles. The number of para-hydroxylation sites is 1. The average Bonchev–Trinajstić information content (AvgIpc) is 2.88. The average molecular weight is 365 g/mol. The summed E-state index contributed by atoms with van der Waals surface area (Å²) in [6.07, 6.45) is -0.319. The molecule has 1 atom stereocenters. The number of aromatic nitrogens is 1. The van der Waals surface area contributed by atoms with Crippen LogP contribution in [0.25, 0.3) is 10.2 Å². The van der Waals surface area contributed by atoms with Crippen molar-refractivity contribution >= 4 is 32.8 Å². The Bertz CT molecular complexity index is 709. The first-order chi connectivity index (χ1) is 11.8. The van der Waals surface area contributed by atoms with Gasteiger partial charge >= 0.3 is 6.09 Å². The minimum Gasteiger partial charge on any atom is -0.444 e. The molecule has 138 valence electrons. The van der Waals surface area contributed by atoms with Crippen molar-refractivity contribution in [2.75, 3.05) is 18.5 Å². The standard InChI is InChI=1S/C18H27N3O3S/c1-6-23-12(2)10-19-11-13-8-7-9-14-15(13)20-16(25-14)21-17(22)24-18(3,4)5/h7-9,12,19H,6,10-11H2,1-5H3,(H,20,21,22). The van der Waals surface area contributed by atoms with E-state index in [1.54, 1.807) is 0 Å². The molecule has 0 saturated carbocycles. The summed E-state index contributed by atoms with van der Waals surface area (Å²) in [7, 11) is 0. The molecule has 0 fully saturated rings. The number of nitrogens with zero attached hydrogens (tertiary/aromatic N) is 1. The molecule has 1 aromatic carbocycles. The van der Waals surface area contributed by atoms with Crippen LogP contribution >= 0.6 is 11.3 Å². The normalized spacial score (nSPS) is 13.0. The minimum absolute atomic E-state index is 0.170. The maximum Gasteiger partial charge on any atom is 0.413 e. The molecular formula is C18H27N3O3S. The second-order valence-corrected chi connectivity index (χ2v) is 7.84. The van der Waals surface area contributed by atoms with E-state index >= 15 is 0 Å². The summed E-state index contributed by atoms with van der Waals surface area (Å²) in [5.74, 6) is 0. The number of hydrogen-bond donors (Lipinski definition) is 2. The quantitative estimate of drug-likeness (QED) is 0.771. The molecule has 0 bridgehead atoms. The van der Waals surface area contributed by atoms with Crippen LogP contribution in [0.4, 0.5) is 9.93 Å². The van der Waals surface area contributed by atoms with Crippen molar-refractivity contribution in [3.63, 3.8) is 0 Å². The van der Waals surface area contributed by atoms with Crippen molar-refractivity contribution in [2.45, 2.75) is 52.9 Å². The highest BCUT2D eigenvalue weighted by Crippen LogP contribution is 2.28. The van der Waals surface area contributed by atoms with Gasteiger partial charge in [-0.05, 0) is 46.2 Å². The third-order valence-corrected chi connectivity index (χ3v) is 4.24. The SMILES string of the molecule is CCOC(C)CNCc1cccc2sc(NC(=O)OC(C)(C)C)nc12. The number of nitrogens with one attached hydrogen (secondary N) is 2. The number of hydrogen-bond acceptors (Lipinski definition) is 6. The first-order valence-corrected chi connectivity index (χ1v) is 9.31. The Hall–Kier alpha value is -1.70. The molecule has 1 unspecified atom stereocenters. The van der Waals surface area contributed by atoms with Crippen LogP contribution in [0.2, 0.25) is 0 Å². The number of carbonyl (C=O) groups excluding carboxylic acids is 1. The fourth-order valence-electron chi connectivity index (χ4n) is 2.35.